The van der Waals surface area contributed by atoms with Gasteiger partial charge in [0.15, 0.2) is 0 Å². The number of hydrogen-bond acceptors (Lipinski definition) is 3. The van der Waals surface area contributed by atoms with Gasteiger partial charge in [-0.1, -0.05) is 46.3 Å². The average molecular weight is 349 g/mol. The molecule has 0 saturated carbocycles. The van der Waals surface area contributed by atoms with Crippen molar-refractivity contribution in [1.29, 1.82) is 0 Å². The fourth-order valence-corrected chi connectivity index (χ4v) is 2.16. The van der Waals surface area contributed by atoms with Gasteiger partial charge >= 0.3 is 0 Å². The molecule has 0 unspecified atom stereocenters. The predicted octanol–water partition coefficient (Wildman–Crippen LogP) is 3.53. The van der Waals surface area contributed by atoms with Crippen LogP contribution in [0, 0.1) is 0 Å². The van der Waals surface area contributed by atoms with E-state index in [9.17, 15) is 5.11 Å². The summed E-state index contributed by atoms with van der Waals surface area (Å²) in [6.45, 7) is 0.360. The summed E-state index contributed by atoms with van der Waals surface area (Å²) in [7, 11) is 0. The maximum atomic E-state index is 9.44. The molecule has 21 heavy (non-hydrogen) atoms. The van der Waals surface area contributed by atoms with Gasteiger partial charge in [-0.15, -0.1) is 0 Å². The molecule has 2 N–H and O–H groups in total. The summed E-state index contributed by atoms with van der Waals surface area (Å²) < 4.78 is 6.79. The first-order chi connectivity index (χ1) is 10.2. The summed E-state index contributed by atoms with van der Waals surface area (Å²) in [6, 6.07) is 13.5. The van der Waals surface area contributed by atoms with Gasteiger partial charge in [-0.3, -0.25) is 0 Å². The maximum absolute atomic E-state index is 9.44. The highest BCUT2D eigenvalue weighted by atomic mass is 79.9. The molecular weight excluding hydrogens is 332 g/mol. The zero-order chi connectivity index (χ0) is 15.1. The Hall–Kier alpha value is -1.62. The molecule has 4 heteroatoms. The van der Waals surface area contributed by atoms with E-state index in [1.807, 2.05) is 42.5 Å². The molecular formula is C17H17BrO3. The van der Waals surface area contributed by atoms with Gasteiger partial charge in [0.25, 0.3) is 0 Å². The molecule has 0 saturated heterocycles. The van der Waals surface area contributed by atoms with E-state index in [1.165, 1.54) is 0 Å². The number of benzene rings is 2. The van der Waals surface area contributed by atoms with Crippen LogP contribution in [0.4, 0.5) is 0 Å². The number of aliphatic hydroxyl groups excluding tert-OH is 2. The SMILES string of the molecule is OCC=Cc1ccc(OCc2ccc(Br)cc2)c(CO)c1. The highest BCUT2D eigenvalue weighted by molar-refractivity contribution is 9.10. The molecule has 2 aromatic carbocycles. The van der Waals surface area contributed by atoms with Gasteiger partial charge in [0.1, 0.15) is 12.4 Å². The summed E-state index contributed by atoms with van der Waals surface area (Å²) in [5.74, 6) is 0.668. The van der Waals surface area contributed by atoms with Crippen LogP contribution in [0.5, 0.6) is 5.75 Å². The number of rotatable bonds is 6. The van der Waals surface area contributed by atoms with Gasteiger partial charge in [-0.2, -0.15) is 0 Å². The van der Waals surface area contributed by atoms with Gasteiger partial charge < -0.3 is 14.9 Å². The zero-order valence-corrected chi connectivity index (χ0v) is 13.1. The second-order valence-electron chi connectivity index (χ2n) is 4.53. The van der Waals surface area contributed by atoms with Crippen LogP contribution >= 0.6 is 15.9 Å². The lowest BCUT2D eigenvalue weighted by Gasteiger charge is -2.11. The molecule has 0 atom stereocenters. The van der Waals surface area contributed by atoms with E-state index in [4.69, 9.17) is 9.84 Å². The number of aliphatic hydroxyl groups is 2. The van der Waals surface area contributed by atoms with Crippen LogP contribution < -0.4 is 4.74 Å². The molecule has 0 heterocycles. The van der Waals surface area contributed by atoms with Crippen molar-refractivity contribution in [3.8, 4) is 5.75 Å². The molecule has 0 fully saturated rings. The molecule has 110 valence electrons. The Morgan fingerprint density at radius 1 is 1.05 bits per heavy atom. The minimum Gasteiger partial charge on any atom is -0.489 e. The zero-order valence-electron chi connectivity index (χ0n) is 11.5. The van der Waals surface area contributed by atoms with Crippen molar-refractivity contribution in [3.63, 3.8) is 0 Å². The smallest absolute Gasteiger partial charge is 0.125 e. The quantitative estimate of drug-likeness (QED) is 0.839. The summed E-state index contributed by atoms with van der Waals surface area (Å²) >= 11 is 3.39. The second-order valence-corrected chi connectivity index (χ2v) is 5.44. The van der Waals surface area contributed by atoms with Crippen LogP contribution in [0.3, 0.4) is 0 Å². The van der Waals surface area contributed by atoms with Crippen LogP contribution in [0.2, 0.25) is 0 Å². The van der Waals surface area contributed by atoms with Crippen molar-refractivity contribution in [1.82, 2.24) is 0 Å². The molecule has 2 rings (SSSR count). The predicted molar refractivity (Wildman–Crippen MR) is 87.0 cm³/mol. The Bertz CT molecular complexity index is 606. The normalized spacial score (nSPS) is 11.0. The van der Waals surface area contributed by atoms with Gasteiger partial charge in [-0.25, -0.2) is 0 Å². The molecule has 0 aliphatic rings. The van der Waals surface area contributed by atoms with Crippen molar-refractivity contribution in [2.24, 2.45) is 0 Å². The third-order valence-corrected chi connectivity index (χ3v) is 3.51. The first-order valence-electron chi connectivity index (χ1n) is 6.61. The molecule has 0 aliphatic heterocycles. The van der Waals surface area contributed by atoms with Gasteiger partial charge in [0.2, 0.25) is 0 Å². The third-order valence-electron chi connectivity index (χ3n) is 2.98. The minimum absolute atomic E-state index is 0.00369. The summed E-state index contributed by atoms with van der Waals surface area (Å²) in [5, 5.41) is 18.2. The third kappa shape index (κ3) is 4.70. The molecule has 3 nitrogen and oxygen atoms in total. The Kier molecular flexibility index (Phi) is 5.99. The van der Waals surface area contributed by atoms with Crippen LogP contribution in [-0.2, 0) is 13.2 Å². The van der Waals surface area contributed by atoms with E-state index < -0.39 is 0 Å². The van der Waals surface area contributed by atoms with Crippen molar-refractivity contribution in [2.75, 3.05) is 6.61 Å². The van der Waals surface area contributed by atoms with Gasteiger partial charge in [0.05, 0.1) is 13.2 Å². The number of halogens is 1. The number of ether oxygens (including phenoxy) is 1. The standard InChI is InChI=1S/C17H17BrO3/c18-16-6-3-14(4-7-16)12-21-17-8-5-13(2-1-9-19)10-15(17)11-20/h1-8,10,19-20H,9,11-12H2. The lowest BCUT2D eigenvalue weighted by atomic mass is 10.1. The van der Waals surface area contributed by atoms with Crippen molar-refractivity contribution in [3.05, 3.63) is 69.7 Å². The Labute approximate surface area is 132 Å². The molecule has 2 aromatic rings. The van der Waals surface area contributed by atoms with Gasteiger partial charge in [0, 0.05) is 10.0 Å². The maximum Gasteiger partial charge on any atom is 0.125 e. The minimum atomic E-state index is -0.0868. The Morgan fingerprint density at radius 2 is 1.81 bits per heavy atom. The monoisotopic (exact) mass is 348 g/mol. The summed E-state index contributed by atoms with van der Waals surface area (Å²) in [4.78, 5) is 0. The fraction of sp³-hybridized carbons (Fsp3) is 0.176. The fourth-order valence-electron chi connectivity index (χ4n) is 1.90. The highest BCUT2D eigenvalue weighted by Crippen LogP contribution is 2.22. The Morgan fingerprint density at radius 3 is 2.48 bits per heavy atom. The molecule has 0 amide bonds. The lowest BCUT2D eigenvalue weighted by molar-refractivity contribution is 0.259. The second kappa shape index (κ2) is 7.98. The van der Waals surface area contributed by atoms with E-state index in [-0.39, 0.29) is 13.2 Å². The van der Waals surface area contributed by atoms with Crippen LogP contribution in [0.15, 0.2) is 53.0 Å². The highest BCUT2D eigenvalue weighted by Gasteiger charge is 2.04. The van der Waals surface area contributed by atoms with E-state index in [2.05, 4.69) is 15.9 Å². The van der Waals surface area contributed by atoms with Crippen LogP contribution in [-0.4, -0.2) is 16.8 Å². The van der Waals surface area contributed by atoms with Crippen molar-refractivity contribution < 1.29 is 14.9 Å². The van der Waals surface area contributed by atoms with Crippen molar-refractivity contribution >= 4 is 22.0 Å². The number of hydrogen-bond donors (Lipinski definition) is 2. The van der Waals surface area contributed by atoms with Crippen LogP contribution in [0.25, 0.3) is 6.08 Å². The first kappa shape index (κ1) is 15.8. The lowest BCUT2D eigenvalue weighted by Crippen LogP contribution is -1.99. The van der Waals surface area contributed by atoms with Crippen LogP contribution in [0.1, 0.15) is 16.7 Å². The van der Waals surface area contributed by atoms with E-state index in [0.717, 1.165) is 21.2 Å². The average Bonchev–Trinajstić information content (AvgIpc) is 2.52. The largest absolute Gasteiger partial charge is 0.489 e. The van der Waals surface area contributed by atoms with E-state index in [0.29, 0.717) is 12.4 Å². The first-order valence-corrected chi connectivity index (χ1v) is 7.40. The van der Waals surface area contributed by atoms with E-state index in [1.54, 1.807) is 12.2 Å². The van der Waals surface area contributed by atoms with E-state index >= 15 is 0 Å². The summed E-state index contributed by atoms with van der Waals surface area (Å²) in [6.07, 6.45) is 3.45. The molecule has 0 bridgehead atoms. The Balaban J connectivity index is 2.08. The molecule has 0 radical (unpaired) electrons. The molecule has 0 spiro atoms. The molecule has 0 aromatic heterocycles. The van der Waals surface area contributed by atoms with Crippen molar-refractivity contribution in [2.45, 2.75) is 13.2 Å². The summed E-state index contributed by atoms with van der Waals surface area (Å²) in [5.41, 5.74) is 2.71. The van der Waals surface area contributed by atoms with Gasteiger partial charge in [-0.05, 0) is 35.4 Å². The molecule has 0 aliphatic carbocycles. The topological polar surface area (TPSA) is 49.7 Å².